The third-order valence-corrected chi connectivity index (χ3v) is 2.61. The van der Waals surface area contributed by atoms with Gasteiger partial charge in [0, 0.05) is 13.1 Å². The third kappa shape index (κ3) is 9.72. The van der Waals surface area contributed by atoms with Crippen molar-refractivity contribution in [3.05, 3.63) is 35.9 Å². The molecule has 19 heavy (non-hydrogen) atoms. The molecule has 0 saturated heterocycles. The summed E-state index contributed by atoms with van der Waals surface area (Å²) in [6.45, 7) is 2.65. The van der Waals surface area contributed by atoms with Crippen molar-refractivity contribution in [2.45, 2.75) is 12.8 Å². The molecule has 0 aliphatic rings. The molecule has 108 valence electrons. The summed E-state index contributed by atoms with van der Waals surface area (Å²) in [5, 5.41) is 3.13. The lowest BCUT2D eigenvalue weighted by molar-refractivity contribution is 0.403. The van der Waals surface area contributed by atoms with E-state index >= 15 is 0 Å². The largest absolute Gasteiger partial charge is 0.370 e. The first kappa shape index (κ1) is 18.2. The van der Waals surface area contributed by atoms with Crippen molar-refractivity contribution in [3.8, 4) is 0 Å². The number of rotatable bonds is 7. The highest BCUT2D eigenvalue weighted by molar-refractivity contribution is 14.0. The maximum absolute atomic E-state index is 5.78. The Morgan fingerprint density at radius 2 is 1.95 bits per heavy atom. The van der Waals surface area contributed by atoms with E-state index in [1.54, 1.807) is 0 Å². The van der Waals surface area contributed by atoms with E-state index < -0.39 is 0 Å². The van der Waals surface area contributed by atoms with Crippen LogP contribution in [0.15, 0.2) is 35.3 Å². The van der Waals surface area contributed by atoms with Gasteiger partial charge in [0.2, 0.25) is 0 Å². The van der Waals surface area contributed by atoms with E-state index in [0.717, 1.165) is 32.5 Å². The molecule has 0 atom stereocenters. The zero-order valence-corrected chi connectivity index (χ0v) is 14.1. The van der Waals surface area contributed by atoms with Gasteiger partial charge in [-0.15, -0.1) is 24.0 Å². The molecule has 0 saturated carbocycles. The van der Waals surface area contributed by atoms with Crippen LogP contribution in [0, 0.1) is 0 Å². The van der Waals surface area contributed by atoms with Gasteiger partial charge in [0.1, 0.15) is 0 Å². The maximum atomic E-state index is 5.78. The normalized spacial score (nSPS) is 11.2. The molecule has 0 aliphatic heterocycles. The summed E-state index contributed by atoms with van der Waals surface area (Å²) in [5.74, 6) is 0.546. The van der Waals surface area contributed by atoms with E-state index in [4.69, 9.17) is 5.73 Å². The molecule has 4 nitrogen and oxygen atoms in total. The molecule has 0 unspecified atom stereocenters. The Hall–Kier alpha value is -0.820. The monoisotopic (exact) mass is 376 g/mol. The lowest BCUT2D eigenvalue weighted by Gasteiger charge is -2.08. The lowest BCUT2D eigenvalue weighted by atomic mass is 10.1. The summed E-state index contributed by atoms with van der Waals surface area (Å²) in [7, 11) is 4.12. The molecule has 0 amide bonds. The zero-order chi connectivity index (χ0) is 13.2. The number of aliphatic imine (C=N–C) groups is 1. The SMILES string of the molecule is CN(C)CCCN=C(N)NCCc1ccccc1.I. The van der Waals surface area contributed by atoms with Crippen LogP contribution in [0.1, 0.15) is 12.0 Å². The van der Waals surface area contributed by atoms with Crippen LogP contribution < -0.4 is 11.1 Å². The van der Waals surface area contributed by atoms with Crippen LogP contribution in [-0.4, -0.2) is 44.6 Å². The summed E-state index contributed by atoms with van der Waals surface area (Å²) in [6, 6.07) is 10.4. The van der Waals surface area contributed by atoms with E-state index in [0.29, 0.717) is 5.96 Å². The molecule has 0 radical (unpaired) electrons. The van der Waals surface area contributed by atoms with Crippen LogP contribution in [0.3, 0.4) is 0 Å². The summed E-state index contributed by atoms with van der Waals surface area (Å²) in [6.07, 6.45) is 2.00. The summed E-state index contributed by atoms with van der Waals surface area (Å²) in [5.41, 5.74) is 7.09. The molecular weight excluding hydrogens is 351 g/mol. The van der Waals surface area contributed by atoms with Gasteiger partial charge >= 0.3 is 0 Å². The molecule has 0 spiro atoms. The number of hydrogen-bond acceptors (Lipinski definition) is 2. The first-order chi connectivity index (χ1) is 8.68. The molecule has 1 rings (SSSR count). The highest BCUT2D eigenvalue weighted by Gasteiger charge is 1.94. The first-order valence-corrected chi connectivity index (χ1v) is 6.41. The van der Waals surface area contributed by atoms with Crippen molar-refractivity contribution in [2.24, 2.45) is 10.7 Å². The average Bonchev–Trinajstić information content (AvgIpc) is 2.36. The number of halogens is 1. The molecule has 0 fully saturated rings. The van der Waals surface area contributed by atoms with E-state index in [2.05, 4.69) is 41.4 Å². The number of hydrogen-bond donors (Lipinski definition) is 2. The molecule has 0 bridgehead atoms. The summed E-state index contributed by atoms with van der Waals surface area (Å²) >= 11 is 0. The van der Waals surface area contributed by atoms with Crippen molar-refractivity contribution < 1.29 is 0 Å². The van der Waals surface area contributed by atoms with Gasteiger partial charge in [-0.05, 0) is 39.0 Å². The van der Waals surface area contributed by atoms with E-state index in [-0.39, 0.29) is 24.0 Å². The highest BCUT2D eigenvalue weighted by atomic mass is 127. The van der Waals surface area contributed by atoms with Crippen LogP contribution in [0.25, 0.3) is 0 Å². The Labute approximate surface area is 133 Å². The first-order valence-electron chi connectivity index (χ1n) is 6.41. The fourth-order valence-corrected chi connectivity index (χ4v) is 1.62. The molecular formula is C14H25IN4. The van der Waals surface area contributed by atoms with Crippen LogP contribution >= 0.6 is 24.0 Å². The predicted molar refractivity (Wildman–Crippen MR) is 93.2 cm³/mol. The molecule has 5 heteroatoms. The fraction of sp³-hybridized carbons (Fsp3) is 0.500. The smallest absolute Gasteiger partial charge is 0.188 e. The van der Waals surface area contributed by atoms with Crippen molar-refractivity contribution in [3.63, 3.8) is 0 Å². The van der Waals surface area contributed by atoms with Gasteiger partial charge in [-0.25, -0.2) is 0 Å². The molecule has 0 aromatic heterocycles. The Morgan fingerprint density at radius 3 is 2.58 bits per heavy atom. The summed E-state index contributed by atoms with van der Waals surface area (Å²) < 4.78 is 0. The van der Waals surface area contributed by atoms with Crippen molar-refractivity contribution in [2.75, 3.05) is 33.7 Å². The van der Waals surface area contributed by atoms with Gasteiger partial charge in [0.15, 0.2) is 5.96 Å². The van der Waals surface area contributed by atoms with Crippen LogP contribution in [-0.2, 0) is 6.42 Å². The Kier molecular flexibility index (Phi) is 10.6. The van der Waals surface area contributed by atoms with Crippen molar-refractivity contribution >= 4 is 29.9 Å². The second-order valence-electron chi connectivity index (χ2n) is 4.59. The molecule has 0 heterocycles. The van der Waals surface area contributed by atoms with Crippen LogP contribution in [0.2, 0.25) is 0 Å². The average molecular weight is 376 g/mol. The van der Waals surface area contributed by atoms with Crippen molar-refractivity contribution in [1.82, 2.24) is 10.2 Å². The minimum absolute atomic E-state index is 0. The third-order valence-electron chi connectivity index (χ3n) is 2.61. The number of nitrogens with one attached hydrogen (secondary N) is 1. The second kappa shape index (κ2) is 11.0. The van der Waals surface area contributed by atoms with E-state index in [1.807, 2.05) is 18.2 Å². The predicted octanol–water partition coefficient (Wildman–Crippen LogP) is 1.70. The van der Waals surface area contributed by atoms with Gasteiger partial charge in [-0.1, -0.05) is 30.3 Å². The van der Waals surface area contributed by atoms with Gasteiger partial charge in [0.25, 0.3) is 0 Å². The maximum Gasteiger partial charge on any atom is 0.188 e. The number of guanidine groups is 1. The van der Waals surface area contributed by atoms with E-state index in [1.165, 1.54) is 5.56 Å². The second-order valence-corrected chi connectivity index (χ2v) is 4.59. The van der Waals surface area contributed by atoms with E-state index in [9.17, 15) is 0 Å². The highest BCUT2D eigenvalue weighted by Crippen LogP contribution is 1.97. The number of benzene rings is 1. The Bertz CT molecular complexity index is 352. The Morgan fingerprint density at radius 1 is 1.26 bits per heavy atom. The standard InChI is InChI=1S/C14H24N4.HI/c1-18(2)12-6-10-16-14(15)17-11-9-13-7-4-3-5-8-13;/h3-5,7-8H,6,9-12H2,1-2H3,(H3,15,16,17);1H. The Balaban J connectivity index is 0.00000324. The van der Waals surface area contributed by atoms with Gasteiger partial charge in [-0.3, -0.25) is 4.99 Å². The fourth-order valence-electron chi connectivity index (χ4n) is 1.62. The summed E-state index contributed by atoms with van der Waals surface area (Å²) in [4.78, 5) is 6.43. The zero-order valence-electron chi connectivity index (χ0n) is 11.8. The van der Waals surface area contributed by atoms with Crippen LogP contribution in [0.4, 0.5) is 0 Å². The van der Waals surface area contributed by atoms with Gasteiger partial charge < -0.3 is 16.0 Å². The quantitative estimate of drug-likeness (QED) is 0.330. The molecule has 1 aromatic rings. The van der Waals surface area contributed by atoms with Gasteiger partial charge in [0.05, 0.1) is 0 Å². The number of nitrogens with zero attached hydrogens (tertiary/aromatic N) is 2. The topological polar surface area (TPSA) is 53.6 Å². The minimum Gasteiger partial charge on any atom is -0.370 e. The van der Waals surface area contributed by atoms with Crippen LogP contribution in [0.5, 0.6) is 0 Å². The molecule has 1 aromatic carbocycles. The minimum atomic E-state index is 0. The molecule has 3 N–H and O–H groups in total. The lowest BCUT2D eigenvalue weighted by Crippen LogP contribution is -2.33. The van der Waals surface area contributed by atoms with Crippen molar-refractivity contribution in [1.29, 1.82) is 0 Å². The molecule has 0 aliphatic carbocycles. The number of nitrogens with two attached hydrogens (primary N) is 1. The van der Waals surface area contributed by atoms with Gasteiger partial charge in [-0.2, -0.15) is 0 Å².